The molecule has 8 nitrogen and oxygen atoms in total. The number of hydrogen-bond donors (Lipinski definition) is 2. The second-order valence-electron chi connectivity index (χ2n) is 4.16. The van der Waals surface area contributed by atoms with Gasteiger partial charge in [0.05, 0.1) is 18.9 Å². The van der Waals surface area contributed by atoms with E-state index in [4.69, 9.17) is 16.2 Å². The van der Waals surface area contributed by atoms with Gasteiger partial charge in [0.2, 0.25) is 0 Å². The Morgan fingerprint density at radius 2 is 2.05 bits per heavy atom. The fourth-order valence-electron chi connectivity index (χ4n) is 1.36. The van der Waals surface area contributed by atoms with E-state index in [9.17, 15) is 9.59 Å². The highest BCUT2D eigenvalue weighted by atomic mass is 17.2. The van der Waals surface area contributed by atoms with E-state index in [0.29, 0.717) is 11.5 Å². The topological polar surface area (TPSA) is 127 Å². The molecule has 1 rings (SSSR count). The van der Waals surface area contributed by atoms with Crippen molar-refractivity contribution in [3.05, 3.63) is 23.4 Å². The minimum absolute atomic E-state index is 0.102. The summed E-state index contributed by atoms with van der Waals surface area (Å²) in [7, 11) is 0. The maximum absolute atomic E-state index is 11.3. The molecule has 8 heteroatoms. The van der Waals surface area contributed by atoms with Gasteiger partial charge in [-0.25, -0.2) is 24.3 Å². The Labute approximate surface area is 115 Å². The Bertz CT molecular complexity index is 472. The summed E-state index contributed by atoms with van der Waals surface area (Å²) in [6.07, 6.45) is 0. The molecule has 1 heterocycles. The minimum atomic E-state index is -1.06. The van der Waals surface area contributed by atoms with Gasteiger partial charge < -0.3 is 16.2 Å². The molecule has 0 aliphatic carbocycles. The number of carbonyl (C=O) groups is 2. The van der Waals surface area contributed by atoms with Gasteiger partial charge in [-0.3, -0.25) is 0 Å². The van der Waals surface area contributed by atoms with Crippen molar-refractivity contribution in [1.82, 2.24) is 4.98 Å². The lowest BCUT2D eigenvalue weighted by Crippen LogP contribution is -2.37. The summed E-state index contributed by atoms with van der Waals surface area (Å²) in [6, 6.07) is 2.47. The molecule has 0 radical (unpaired) electrons. The second kappa shape index (κ2) is 7.41. The zero-order valence-electron chi connectivity index (χ0n) is 11.3. The Balaban J connectivity index is 2.36. The van der Waals surface area contributed by atoms with Gasteiger partial charge in [0, 0.05) is 6.92 Å². The Morgan fingerprint density at radius 1 is 1.35 bits per heavy atom. The molecule has 0 bridgehead atoms. The molecule has 0 unspecified atom stereocenters. The van der Waals surface area contributed by atoms with Crippen LogP contribution in [-0.2, 0) is 30.7 Å². The van der Waals surface area contributed by atoms with Crippen LogP contribution in [0, 0.1) is 6.92 Å². The van der Waals surface area contributed by atoms with Crippen LogP contribution in [0.25, 0.3) is 0 Å². The lowest BCUT2D eigenvalue weighted by Gasteiger charge is -2.10. The maximum Gasteiger partial charge on any atom is 0.374 e. The quantitative estimate of drug-likeness (QED) is 0.563. The van der Waals surface area contributed by atoms with E-state index in [-0.39, 0.29) is 13.2 Å². The number of rotatable bonds is 5. The molecule has 0 amide bonds. The van der Waals surface area contributed by atoms with Crippen molar-refractivity contribution < 1.29 is 24.1 Å². The number of ether oxygens (including phenoxy) is 1. The van der Waals surface area contributed by atoms with Gasteiger partial charge in [-0.1, -0.05) is 0 Å². The number of nitrogen functional groups attached to an aromatic ring is 1. The van der Waals surface area contributed by atoms with Crippen molar-refractivity contribution in [2.75, 3.05) is 12.3 Å². The second-order valence-corrected chi connectivity index (χ2v) is 4.16. The van der Waals surface area contributed by atoms with Gasteiger partial charge in [-0.05, 0) is 24.6 Å². The minimum Gasteiger partial charge on any atom is -0.384 e. The van der Waals surface area contributed by atoms with Crippen LogP contribution in [0.5, 0.6) is 0 Å². The predicted molar refractivity (Wildman–Crippen MR) is 68.9 cm³/mol. The van der Waals surface area contributed by atoms with Crippen LogP contribution < -0.4 is 11.5 Å². The van der Waals surface area contributed by atoms with Crippen LogP contribution in [0.15, 0.2) is 12.1 Å². The number of nitrogens with two attached hydrogens (primary N) is 2. The Hall–Kier alpha value is -2.19. The first-order chi connectivity index (χ1) is 9.38. The molecule has 20 heavy (non-hydrogen) atoms. The normalized spacial score (nSPS) is 11.8. The molecule has 0 spiro atoms. The van der Waals surface area contributed by atoms with E-state index in [1.165, 1.54) is 0 Å². The van der Waals surface area contributed by atoms with Gasteiger partial charge in [0.25, 0.3) is 0 Å². The molecule has 0 saturated carbocycles. The first-order valence-electron chi connectivity index (χ1n) is 5.83. The molecule has 1 atom stereocenters. The molecule has 0 aliphatic rings. The molecular weight excluding hydrogens is 266 g/mol. The van der Waals surface area contributed by atoms with Crippen LogP contribution in [0.3, 0.4) is 0 Å². The van der Waals surface area contributed by atoms with Crippen LogP contribution in [0.2, 0.25) is 0 Å². The van der Waals surface area contributed by atoms with Gasteiger partial charge in [0.15, 0.2) is 0 Å². The molecule has 0 fully saturated rings. The van der Waals surface area contributed by atoms with Crippen LogP contribution in [0.4, 0.5) is 5.82 Å². The highest BCUT2D eigenvalue weighted by Crippen LogP contribution is 2.07. The molecule has 1 aromatic heterocycles. The standard InChI is InChI=1S/C12H17N3O5/c1-7-3-9(15-11(14)4-7)5-18-6-10(13)12(17)20-19-8(2)16/h3-4,10H,5-6,13H2,1-2H3,(H2,14,15)/t10-/m0/s1. The summed E-state index contributed by atoms with van der Waals surface area (Å²) < 4.78 is 5.24. The summed E-state index contributed by atoms with van der Waals surface area (Å²) in [4.78, 5) is 34.0. The summed E-state index contributed by atoms with van der Waals surface area (Å²) in [5, 5.41) is 0. The van der Waals surface area contributed by atoms with Crippen molar-refractivity contribution in [2.45, 2.75) is 26.5 Å². The van der Waals surface area contributed by atoms with Crippen molar-refractivity contribution in [1.29, 1.82) is 0 Å². The van der Waals surface area contributed by atoms with E-state index in [2.05, 4.69) is 14.8 Å². The largest absolute Gasteiger partial charge is 0.384 e. The molecule has 0 aromatic carbocycles. The third kappa shape index (κ3) is 5.63. The summed E-state index contributed by atoms with van der Waals surface area (Å²) in [5.41, 5.74) is 12.7. The van der Waals surface area contributed by atoms with E-state index in [1.54, 1.807) is 12.1 Å². The summed E-state index contributed by atoms with van der Waals surface area (Å²) >= 11 is 0. The van der Waals surface area contributed by atoms with Crippen LogP contribution in [0.1, 0.15) is 18.2 Å². The first kappa shape index (κ1) is 15.9. The first-order valence-corrected chi connectivity index (χ1v) is 5.83. The van der Waals surface area contributed by atoms with E-state index < -0.39 is 18.0 Å². The fourth-order valence-corrected chi connectivity index (χ4v) is 1.36. The number of aryl methyl sites for hydroxylation is 1. The number of aromatic nitrogens is 1. The van der Waals surface area contributed by atoms with Crippen molar-refractivity contribution in [3.8, 4) is 0 Å². The predicted octanol–water partition coefficient (Wildman–Crippen LogP) is -0.163. The fraction of sp³-hybridized carbons (Fsp3) is 0.417. The van der Waals surface area contributed by atoms with E-state index in [1.807, 2.05) is 6.92 Å². The SMILES string of the molecule is CC(=O)OOC(=O)[C@@H](N)COCc1cc(C)cc(N)n1. The average Bonchev–Trinajstić information content (AvgIpc) is 2.34. The number of carbonyl (C=O) groups excluding carboxylic acids is 2. The van der Waals surface area contributed by atoms with E-state index in [0.717, 1.165) is 12.5 Å². The Kier molecular flexibility index (Phi) is 5.88. The van der Waals surface area contributed by atoms with Gasteiger partial charge in [0.1, 0.15) is 11.9 Å². The van der Waals surface area contributed by atoms with Crippen molar-refractivity contribution in [2.24, 2.45) is 5.73 Å². The lowest BCUT2D eigenvalue weighted by molar-refractivity contribution is -0.258. The third-order valence-electron chi connectivity index (χ3n) is 2.13. The zero-order valence-corrected chi connectivity index (χ0v) is 11.3. The van der Waals surface area contributed by atoms with Crippen molar-refractivity contribution >= 4 is 17.8 Å². The van der Waals surface area contributed by atoms with Gasteiger partial charge in [-0.2, -0.15) is 0 Å². The van der Waals surface area contributed by atoms with Gasteiger partial charge in [-0.15, -0.1) is 0 Å². The molecule has 4 N–H and O–H groups in total. The lowest BCUT2D eigenvalue weighted by atomic mass is 10.2. The average molecular weight is 283 g/mol. The molecular formula is C12H17N3O5. The van der Waals surface area contributed by atoms with Crippen molar-refractivity contribution in [3.63, 3.8) is 0 Å². The zero-order chi connectivity index (χ0) is 15.1. The van der Waals surface area contributed by atoms with Crippen LogP contribution >= 0.6 is 0 Å². The molecule has 1 aromatic rings. The summed E-state index contributed by atoms with van der Waals surface area (Å²) in [6.45, 7) is 3.03. The maximum atomic E-state index is 11.3. The monoisotopic (exact) mass is 283 g/mol. The highest BCUT2D eigenvalue weighted by Gasteiger charge is 2.18. The van der Waals surface area contributed by atoms with Crippen LogP contribution in [-0.4, -0.2) is 29.6 Å². The smallest absolute Gasteiger partial charge is 0.374 e. The number of nitrogens with zero attached hydrogens (tertiary/aromatic N) is 1. The number of pyridine rings is 1. The van der Waals surface area contributed by atoms with E-state index >= 15 is 0 Å². The number of anilines is 1. The molecule has 0 aliphatic heterocycles. The molecule has 110 valence electrons. The Morgan fingerprint density at radius 3 is 2.65 bits per heavy atom. The molecule has 0 saturated heterocycles. The third-order valence-corrected chi connectivity index (χ3v) is 2.13. The van der Waals surface area contributed by atoms with Gasteiger partial charge >= 0.3 is 11.9 Å². The highest BCUT2D eigenvalue weighted by molar-refractivity contribution is 5.76. The number of hydrogen-bond acceptors (Lipinski definition) is 8. The summed E-state index contributed by atoms with van der Waals surface area (Å²) in [5.74, 6) is -1.25.